The zero-order valence-electron chi connectivity index (χ0n) is 23.4. The molecule has 0 saturated carbocycles. The summed E-state index contributed by atoms with van der Waals surface area (Å²) in [6.07, 6.45) is 2.55. The summed E-state index contributed by atoms with van der Waals surface area (Å²) in [5.74, 6) is -0.00756. The van der Waals surface area contributed by atoms with Crippen LogP contribution in [0.5, 0.6) is 5.75 Å². The van der Waals surface area contributed by atoms with Crippen LogP contribution < -0.4 is 10.1 Å². The Morgan fingerprint density at radius 2 is 1.89 bits per heavy atom. The smallest absolute Gasteiger partial charge is 0.258 e. The minimum absolute atomic E-state index is 0.0301. The van der Waals surface area contributed by atoms with Crippen LogP contribution in [0.4, 0.5) is 5.69 Å². The van der Waals surface area contributed by atoms with Crippen LogP contribution in [0, 0.1) is 5.92 Å². The highest BCUT2D eigenvalue weighted by Gasteiger charge is 2.30. The average molecular weight is 526 g/mol. The van der Waals surface area contributed by atoms with Gasteiger partial charge in [-0.25, -0.2) is 0 Å². The fraction of sp³-hybridized carbons (Fsp3) is 0.533. The van der Waals surface area contributed by atoms with Crippen LogP contribution in [0.15, 0.2) is 48.5 Å². The van der Waals surface area contributed by atoms with E-state index < -0.39 is 6.04 Å². The van der Waals surface area contributed by atoms with Crippen LogP contribution in [0.2, 0.25) is 0 Å². The van der Waals surface area contributed by atoms with Crippen molar-refractivity contribution in [2.75, 3.05) is 45.7 Å². The number of hydrogen-bond acceptors (Lipinski definition) is 6. The van der Waals surface area contributed by atoms with E-state index in [1.807, 2.05) is 34.0 Å². The van der Waals surface area contributed by atoms with Gasteiger partial charge in [-0.05, 0) is 77.5 Å². The van der Waals surface area contributed by atoms with E-state index in [-0.39, 0.29) is 36.5 Å². The summed E-state index contributed by atoms with van der Waals surface area (Å²) in [4.78, 5) is 30.6. The van der Waals surface area contributed by atoms with Gasteiger partial charge in [-0.1, -0.05) is 25.1 Å². The summed E-state index contributed by atoms with van der Waals surface area (Å²) in [5.41, 5.74) is 1.39. The first-order valence-corrected chi connectivity index (χ1v) is 13.5. The quantitative estimate of drug-likeness (QED) is 0.585. The molecule has 0 aliphatic carbocycles. The lowest BCUT2D eigenvalue weighted by Gasteiger charge is -2.35. The molecule has 2 aromatic rings. The van der Waals surface area contributed by atoms with E-state index >= 15 is 0 Å². The zero-order valence-corrected chi connectivity index (χ0v) is 23.4. The van der Waals surface area contributed by atoms with Crippen molar-refractivity contribution in [2.45, 2.75) is 58.3 Å². The molecular formula is C30H43N3O5. The van der Waals surface area contributed by atoms with E-state index in [0.717, 1.165) is 25.8 Å². The Kier molecular flexibility index (Phi) is 11.1. The van der Waals surface area contributed by atoms with Crippen LogP contribution in [-0.2, 0) is 4.74 Å². The first kappa shape index (κ1) is 29.6. The summed E-state index contributed by atoms with van der Waals surface area (Å²) >= 11 is 0. The van der Waals surface area contributed by atoms with Gasteiger partial charge in [0.05, 0.1) is 30.4 Å². The van der Waals surface area contributed by atoms with Crippen molar-refractivity contribution in [1.29, 1.82) is 0 Å². The SMILES string of the molecule is C[C@@H]1CCCCO[C@H](CN(C)C)[C@H](C)CN([C@@H](C)CO)C(=O)c2cc(NC(=O)c3ccccc3)ccc2O1. The molecule has 1 heterocycles. The molecule has 208 valence electrons. The highest BCUT2D eigenvalue weighted by atomic mass is 16.5. The summed E-state index contributed by atoms with van der Waals surface area (Å²) in [7, 11) is 4.03. The number of carbonyl (C=O) groups excluding carboxylic acids is 2. The third-order valence-electron chi connectivity index (χ3n) is 6.89. The molecule has 3 rings (SSSR count). The Hall–Kier alpha value is -2.94. The van der Waals surface area contributed by atoms with E-state index in [0.29, 0.717) is 35.7 Å². The molecule has 0 bridgehead atoms. The molecule has 2 N–H and O–H groups in total. The maximum Gasteiger partial charge on any atom is 0.258 e. The number of aliphatic hydroxyl groups excluding tert-OH is 1. The number of benzene rings is 2. The first-order chi connectivity index (χ1) is 18.2. The van der Waals surface area contributed by atoms with Crippen LogP contribution >= 0.6 is 0 Å². The lowest BCUT2D eigenvalue weighted by molar-refractivity contribution is -0.0137. The monoisotopic (exact) mass is 525 g/mol. The van der Waals surface area contributed by atoms with Gasteiger partial charge in [-0.15, -0.1) is 0 Å². The molecule has 0 unspecified atom stereocenters. The predicted octanol–water partition coefficient (Wildman–Crippen LogP) is 4.30. The van der Waals surface area contributed by atoms with Gasteiger partial charge in [0, 0.05) is 36.9 Å². The lowest BCUT2D eigenvalue weighted by atomic mass is 10.0. The first-order valence-electron chi connectivity index (χ1n) is 13.5. The second-order valence-corrected chi connectivity index (χ2v) is 10.6. The van der Waals surface area contributed by atoms with Crippen molar-refractivity contribution in [3.8, 4) is 5.75 Å². The molecule has 8 nitrogen and oxygen atoms in total. The van der Waals surface area contributed by atoms with E-state index in [2.05, 4.69) is 17.1 Å². The highest BCUT2D eigenvalue weighted by Crippen LogP contribution is 2.28. The minimum atomic E-state index is -0.411. The molecule has 0 spiro atoms. The van der Waals surface area contributed by atoms with Crippen molar-refractivity contribution in [3.63, 3.8) is 0 Å². The van der Waals surface area contributed by atoms with Crippen molar-refractivity contribution in [2.24, 2.45) is 5.92 Å². The molecule has 1 aliphatic heterocycles. The molecule has 0 fully saturated rings. The molecule has 4 atom stereocenters. The van der Waals surface area contributed by atoms with Crippen LogP contribution in [0.25, 0.3) is 0 Å². The third kappa shape index (κ3) is 8.28. The van der Waals surface area contributed by atoms with Gasteiger partial charge in [-0.3, -0.25) is 9.59 Å². The minimum Gasteiger partial charge on any atom is -0.490 e. The fourth-order valence-corrected chi connectivity index (χ4v) is 4.62. The molecule has 8 heteroatoms. The average Bonchev–Trinajstić information content (AvgIpc) is 2.90. The fourth-order valence-electron chi connectivity index (χ4n) is 4.62. The predicted molar refractivity (Wildman–Crippen MR) is 150 cm³/mol. The van der Waals surface area contributed by atoms with Crippen molar-refractivity contribution < 1.29 is 24.2 Å². The normalized spacial score (nSPS) is 22.2. The molecule has 38 heavy (non-hydrogen) atoms. The van der Waals surface area contributed by atoms with Gasteiger partial charge >= 0.3 is 0 Å². The number of aliphatic hydroxyl groups is 1. The number of anilines is 1. The number of ether oxygens (including phenoxy) is 2. The number of nitrogens with one attached hydrogen (secondary N) is 1. The Bertz CT molecular complexity index is 1050. The number of hydrogen-bond donors (Lipinski definition) is 2. The third-order valence-corrected chi connectivity index (χ3v) is 6.89. The van der Waals surface area contributed by atoms with Crippen molar-refractivity contribution >= 4 is 17.5 Å². The summed E-state index contributed by atoms with van der Waals surface area (Å²) in [6.45, 7) is 7.54. The zero-order chi connectivity index (χ0) is 27.7. The maximum atomic E-state index is 14.1. The Labute approximate surface area is 226 Å². The number of carbonyl (C=O) groups is 2. The van der Waals surface area contributed by atoms with Crippen LogP contribution in [-0.4, -0.2) is 85.4 Å². The Morgan fingerprint density at radius 3 is 2.58 bits per heavy atom. The Morgan fingerprint density at radius 1 is 1.16 bits per heavy atom. The summed E-state index contributed by atoms with van der Waals surface area (Å²) in [6, 6.07) is 13.7. The van der Waals surface area contributed by atoms with Gasteiger partial charge < -0.3 is 29.7 Å². The van der Waals surface area contributed by atoms with Crippen LogP contribution in [0.1, 0.15) is 60.7 Å². The second-order valence-electron chi connectivity index (χ2n) is 10.6. The standard InChI is InChI=1S/C30H43N3O5/c1-21-18-33(22(2)20-34)30(36)26-17-25(31-29(35)24-12-7-6-8-13-24)14-15-27(26)38-23(3)11-9-10-16-37-28(21)19-32(4)5/h6-8,12-15,17,21-23,28,34H,9-11,16,18-20H2,1-5H3,(H,31,35)/t21-,22+,23-,28-/m1/s1. The van der Waals surface area contributed by atoms with E-state index in [4.69, 9.17) is 9.47 Å². The molecule has 2 amide bonds. The molecule has 0 radical (unpaired) electrons. The van der Waals surface area contributed by atoms with Gasteiger partial charge in [0.25, 0.3) is 11.8 Å². The summed E-state index contributed by atoms with van der Waals surface area (Å²) < 4.78 is 12.5. The highest BCUT2D eigenvalue weighted by molar-refractivity contribution is 6.05. The number of nitrogens with zero attached hydrogens (tertiary/aromatic N) is 2. The molecule has 1 aliphatic rings. The van der Waals surface area contributed by atoms with E-state index in [9.17, 15) is 14.7 Å². The van der Waals surface area contributed by atoms with E-state index in [1.165, 1.54) is 0 Å². The molecule has 0 saturated heterocycles. The maximum absolute atomic E-state index is 14.1. The number of amides is 2. The molecule has 0 aromatic heterocycles. The second kappa shape index (κ2) is 14.3. The van der Waals surface area contributed by atoms with Crippen molar-refractivity contribution in [1.82, 2.24) is 9.80 Å². The van der Waals surface area contributed by atoms with Gasteiger partial charge in [0.1, 0.15) is 5.75 Å². The van der Waals surface area contributed by atoms with E-state index in [1.54, 1.807) is 47.4 Å². The van der Waals surface area contributed by atoms with Gasteiger partial charge in [0.2, 0.25) is 0 Å². The largest absolute Gasteiger partial charge is 0.490 e. The number of likely N-dealkylation sites (N-methyl/N-ethyl adjacent to an activating group) is 1. The number of rotatable bonds is 6. The lowest BCUT2D eigenvalue weighted by Crippen LogP contribution is -2.47. The van der Waals surface area contributed by atoms with Gasteiger partial charge in [-0.2, -0.15) is 0 Å². The summed E-state index contributed by atoms with van der Waals surface area (Å²) in [5, 5.41) is 12.9. The topological polar surface area (TPSA) is 91.3 Å². The number of fused-ring (bicyclic) bond motifs is 1. The van der Waals surface area contributed by atoms with Crippen molar-refractivity contribution in [3.05, 3.63) is 59.7 Å². The Balaban J connectivity index is 1.98. The van der Waals surface area contributed by atoms with Gasteiger partial charge in [0.15, 0.2) is 0 Å². The van der Waals surface area contributed by atoms with Crippen LogP contribution in [0.3, 0.4) is 0 Å². The molecular weight excluding hydrogens is 482 g/mol. The molecule has 2 aromatic carbocycles.